The molecule has 102 valence electrons. The second kappa shape index (κ2) is 5.74. The van der Waals surface area contributed by atoms with Crippen LogP contribution in [0, 0.1) is 5.82 Å². The second-order valence-electron chi connectivity index (χ2n) is 4.62. The van der Waals surface area contributed by atoms with Crippen molar-refractivity contribution >= 4 is 40.5 Å². The van der Waals surface area contributed by atoms with Crippen molar-refractivity contribution in [3.05, 3.63) is 50.8 Å². The van der Waals surface area contributed by atoms with Crippen LogP contribution in [0.4, 0.5) is 10.1 Å². The molecule has 0 radical (unpaired) electrons. The fourth-order valence-corrected chi connectivity index (χ4v) is 2.81. The number of anilines is 1. The van der Waals surface area contributed by atoms with Crippen LogP contribution in [-0.2, 0) is 0 Å². The van der Waals surface area contributed by atoms with Crippen molar-refractivity contribution in [1.82, 2.24) is 0 Å². The van der Waals surface area contributed by atoms with Crippen molar-refractivity contribution in [1.29, 1.82) is 0 Å². The zero-order valence-electron chi connectivity index (χ0n) is 10.6. The molecule has 0 saturated carbocycles. The zero-order valence-corrected chi connectivity index (χ0v) is 12.8. The second-order valence-corrected chi connectivity index (χ2v) is 5.86. The van der Waals surface area contributed by atoms with Gasteiger partial charge in [-0.1, -0.05) is 53.0 Å². The molecule has 0 fully saturated rings. The van der Waals surface area contributed by atoms with Crippen LogP contribution in [0.3, 0.4) is 0 Å². The van der Waals surface area contributed by atoms with E-state index in [0.29, 0.717) is 32.8 Å². The van der Waals surface area contributed by atoms with E-state index in [2.05, 4.69) is 0 Å². The van der Waals surface area contributed by atoms with Gasteiger partial charge in [-0.05, 0) is 18.1 Å². The number of benzene rings is 1. The number of allylic oxidation sites excluding steroid dienone is 4. The van der Waals surface area contributed by atoms with Gasteiger partial charge in [0, 0.05) is 25.0 Å². The molecule has 1 atom stereocenters. The monoisotopic (exact) mass is 319 g/mol. The predicted octanol–water partition coefficient (Wildman–Crippen LogP) is 5.19. The first-order chi connectivity index (χ1) is 8.91. The van der Waals surface area contributed by atoms with E-state index in [4.69, 9.17) is 34.8 Å². The van der Waals surface area contributed by atoms with E-state index in [1.165, 1.54) is 0 Å². The van der Waals surface area contributed by atoms with Gasteiger partial charge in [0.05, 0.1) is 15.8 Å². The number of hydrogen-bond acceptors (Lipinski definition) is 1. The van der Waals surface area contributed by atoms with E-state index in [1.807, 2.05) is 6.07 Å². The quantitative estimate of drug-likeness (QED) is 0.724. The largest absolute Gasteiger partial charge is 0.375 e. The van der Waals surface area contributed by atoms with Gasteiger partial charge in [-0.3, -0.25) is 0 Å². The average Bonchev–Trinajstić information content (AvgIpc) is 2.35. The Kier molecular flexibility index (Phi) is 4.44. The lowest BCUT2D eigenvalue weighted by Crippen LogP contribution is -2.13. The van der Waals surface area contributed by atoms with Crippen LogP contribution in [0.5, 0.6) is 0 Å². The van der Waals surface area contributed by atoms with E-state index in [0.717, 1.165) is 0 Å². The van der Waals surface area contributed by atoms with E-state index in [1.54, 1.807) is 37.2 Å². The first-order valence-corrected chi connectivity index (χ1v) is 6.92. The van der Waals surface area contributed by atoms with Crippen LogP contribution in [0.25, 0.3) is 0 Å². The molecule has 1 aromatic carbocycles. The molecular formula is C14H13Cl3FN. The Bertz CT molecular complexity index is 564. The third-order valence-electron chi connectivity index (χ3n) is 3.08. The number of nitrogens with zero attached hydrogens (tertiary/aromatic N) is 1. The van der Waals surface area contributed by atoms with E-state index >= 15 is 0 Å². The molecule has 1 nitrogen and oxygen atoms in total. The highest BCUT2D eigenvalue weighted by Gasteiger charge is 2.24. The summed E-state index contributed by atoms with van der Waals surface area (Å²) in [5.74, 6) is -0.442. The van der Waals surface area contributed by atoms with Gasteiger partial charge in [0.25, 0.3) is 0 Å². The minimum atomic E-state index is -0.249. The van der Waals surface area contributed by atoms with Gasteiger partial charge in [-0.25, -0.2) is 4.39 Å². The molecule has 0 N–H and O–H groups in total. The van der Waals surface area contributed by atoms with Crippen LogP contribution < -0.4 is 4.90 Å². The normalized spacial score (nSPS) is 19.5. The number of rotatable bonds is 2. The first kappa shape index (κ1) is 14.7. The molecule has 0 spiro atoms. The summed E-state index contributed by atoms with van der Waals surface area (Å²) in [6.07, 6.45) is 2.21. The molecule has 0 bridgehead atoms. The Morgan fingerprint density at radius 1 is 1.21 bits per heavy atom. The maximum absolute atomic E-state index is 14.5. The van der Waals surface area contributed by atoms with Crippen LogP contribution >= 0.6 is 34.8 Å². The SMILES string of the molecule is CN(C)c1cccc(C2C=C(Cl)C(Cl)=C(Cl)C2)c1F. The van der Waals surface area contributed by atoms with E-state index in [9.17, 15) is 4.39 Å². The van der Waals surface area contributed by atoms with E-state index in [-0.39, 0.29) is 11.7 Å². The molecular weight excluding hydrogens is 308 g/mol. The minimum Gasteiger partial charge on any atom is -0.375 e. The van der Waals surface area contributed by atoms with Gasteiger partial charge in [0.1, 0.15) is 5.82 Å². The van der Waals surface area contributed by atoms with Gasteiger partial charge in [-0.15, -0.1) is 0 Å². The maximum atomic E-state index is 14.5. The Labute approximate surface area is 127 Å². The molecule has 0 aromatic heterocycles. The number of halogens is 4. The van der Waals surface area contributed by atoms with Crippen LogP contribution in [0.1, 0.15) is 17.9 Å². The van der Waals surface area contributed by atoms with Crippen molar-refractivity contribution in [2.24, 2.45) is 0 Å². The average molecular weight is 321 g/mol. The van der Waals surface area contributed by atoms with E-state index < -0.39 is 0 Å². The van der Waals surface area contributed by atoms with Crippen molar-refractivity contribution in [2.75, 3.05) is 19.0 Å². The third-order valence-corrected chi connectivity index (χ3v) is 4.37. The summed E-state index contributed by atoms with van der Waals surface area (Å²) in [7, 11) is 3.60. The van der Waals surface area contributed by atoms with Gasteiger partial charge in [0.2, 0.25) is 0 Å². The molecule has 1 aromatic rings. The summed E-state index contributed by atoms with van der Waals surface area (Å²) in [5.41, 5.74) is 1.12. The Morgan fingerprint density at radius 2 is 1.89 bits per heavy atom. The zero-order chi connectivity index (χ0) is 14.2. The Hall–Kier alpha value is -0.700. The summed E-state index contributed by atoms with van der Waals surface area (Å²) in [6.45, 7) is 0. The van der Waals surface area contributed by atoms with Crippen molar-refractivity contribution < 1.29 is 4.39 Å². The van der Waals surface area contributed by atoms with Crippen molar-refractivity contribution in [3.8, 4) is 0 Å². The lowest BCUT2D eigenvalue weighted by molar-refractivity contribution is 0.597. The fraction of sp³-hybridized carbons (Fsp3) is 0.286. The molecule has 1 aliphatic carbocycles. The molecule has 2 rings (SSSR count). The lowest BCUT2D eigenvalue weighted by atomic mass is 9.91. The summed E-state index contributed by atoms with van der Waals surface area (Å²) in [5, 5.41) is 1.19. The molecule has 19 heavy (non-hydrogen) atoms. The van der Waals surface area contributed by atoms with Gasteiger partial charge in [0.15, 0.2) is 0 Å². The van der Waals surface area contributed by atoms with Gasteiger partial charge < -0.3 is 4.90 Å². The highest BCUT2D eigenvalue weighted by molar-refractivity contribution is 6.48. The summed E-state index contributed by atoms with van der Waals surface area (Å²) in [6, 6.07) is 5.30. The molecule has 5 heteroatoms. The predicted molar refractivity (Wildman–Crippen MR) is 80.8 cm³/mol. The Morgan fingerprint density at radius 3 is 2.47 bits per heavy atom. The van der Waals surface area contributed by atoms with Crippen LogP contribution in [0.2, 0.25) is 0 Å². The molecule has 1 unspecified atom stereocenters. The molecule has 0 heterocycles. The third kappa shape index (κ3) is 2.91. The topological polar surface area (TPSA) is 3.24 Å². The van der Waals surface area contributed by atoms with Gasteiger partial charge >= 0.3 is 0 Å². The summed E-state index contributed by atoms with van der Waals surface area (Å²) in [4.78, 5) is 1.73. The van der Waals surface area contributed by atoms with Gasteiger partial charge in [-0.2, -0.15) is 0 Å². The minimum absolute atomic E-state index is 0.192. The summed E-state index contributed by atoms with van der Waals surface area (Å²) < 4.78 is 14.5. The highest BCUT2D eigenvalue weighted by Crippen LogP contribution is 2.41. The van der Waals surface area contributed by atoms with Crippen LogP contribution in [0.15, 0.2) is 39.4 Å². The maximum Gasteiger partial charge on any atom is 0.150 e. The molecule has 0 aliphatic heterocycles. The fourth-order valence-electron chi connectivity index (χ4n) is 2.09. The number of hydrogen-bond donors (Lipinski definition) is 0. The molecule has 0 saturated heterocycles. The molecule has 0 amide bonds. The smallest absolute Gasteiger partial charge is 0.150 e. The van der Waals surface area contributed by atoms with Crippen molar-refractivity contribution in [3.63, 3.8) is 0 Å². The first-order valence-electron chi connectivity index (χ1n) is 5.79. The summed E-state index contributed by atoms with van der Waals surface area (Å²) >= 11 is 18.0. The Balaban J connectivity index is 2.43. The lowest BCUT2D eigenvalue weighted by Gasteiger charge is -2.22. The highest BCUT2D eigenvalue weighted by atomic mass is 35.5. The molecule has 1 aliphatic rings. The van der Waals surface area contributed by atoms with Crippen LogP contribution in [-0.4, -0.2) is 14.1 Å². The van der Waals surface area contributed by atoms with Crippen molar-refractivity contribution in [2.45, 2.75) is 12.3 Å². The standard InChI is InChI=1S/C14H13Cl3FN/c1-19(2)12-5-3-4-9(14(12)18)8-6-10(15)13(17)11(16)7-8/h3-6,8H,7H2,1-2H3.